The Kier molecular flexibility index (Phi) is 3.75. The first-order chi connectivity index (χ1) is 10.3. The molecule has 1 saturated heterocycles. The summed E-state index contributed by atoms with van der Waals surface area (Å²) in [6.07, 6.45) is 1.23. The molecular weight excluding hydrogens is 302 g/mol. The molecule has 1 atom stereocenters. The molecule has 4 nitrogen and oxygen atoms in total. The number of carboxylic acids is 1. The van der Waals surface area contributed by atoms with Gasteiger partial charge in [0.25, 0.3) is 0 Å². The third-order valence-corrected chi connectivity index (χ3v) is 5.47. The van der Waals surface area contributed by atoms with E-state index >= 15 is 0 Å². The highest BCUT2D eigenvalue weighted by Gasteiger charge is 2.52. The summed E-state index contributed by atoms with van der Waals surface area (Å²) in [6.45, 7) is 7.14. The van der Waals surface area contributed by atoms with Gasteiger partial charge in [0.2, 0.25) is 0 Å². The van der Waals surface area contributed by atoms with Gasteiger partial charge in [-0.2, -0.15) is 0 Å². The second-order valence-corrected chi connectivity index (χ2v) is 7.36. The molecule has 1 fully saturated rings. The number of aryl methyl sites for hydroxylation is 1. The standard InChI is InChI=1S/C17H22ClNO3/c1-10-8-11-12(9-13(10)18)17(4-6-19-7-5-17)22-14(11)16(2,3)15(20)21/h8-9,14,19H,4-7H2,1-3H3,(H,20,21)/t14-/m0/s1. The number of piperidine rings is 1. The molecule has 2 aliphatic heterocycles. The maximum absolute atomic E-state index is 11.7. The Bertz CT molecular complexity index is 621. The van der Waals surface area contributed by atoms with Crippen LogP contribution in [0.25, 0.3) is 0 Å². The van der Waals surface area contributed by atoms with Crippen molar-refractivity contribution in [2.45, 2.75) is 45.3 Å². The van der Waals surface area contributed by atoms with Crippen LogP contribution in [0.5, 0.6) is 0 Å². The maximum Gasteiger partial charge on any atom is 0.312 e. The first kappa shape index (κ1) is 15.8. The van der Waals surface area contributed by atoms with Crippen LogP contribution in [0.2, 0.25) is 5.02 Å². The quantitative estimate of drug-likeness (QED) is 0.875. The SMILES string of the molecule is Cc1cc2c(cc1Cl)C1(CCNCC1)O[C@@H]2C(C)(C)C(=O)O. The summed E-state index contributed by atoms with van der Waals surface area (Å²) in [5.74, 6) is -0.845. The van der Waals surface area contributed by atoms with Crippen LogP contribution in [0.1, 0.15) is 49.5 Å². The Morgan fingerprint density at radius 3 is 2.64 bits per heavy atom. The fourth-order valence-corrected chi connectivity index (χ4v) is 3.70. The molecule has 3 rings (SSSR count). The van der Waals surface area contributed by atoms with Crippen LogP contribution in [0.3, 0.4) is 0 Å². The molecule has 2 N–H and O–H groups in total. The van der Waals surface area contributed by atoms with Gasteiger partial charge in [0.1, 0.15) is 0 Å². The second-order valence-electron chi connectivity index (χ2n) is 6.96. The topological polar surface area (TPSA) is 58.6 Å². The van der Waals surface area contributed by atoms with Gasteiger partial charge in [-0.25, -0.2) is 0 Å². The van der Waals surface area contributed by atoms with Crippen LogP contribution in [-0.4, -0.2) is 24.2 Å². The molecule has 1 spiro atoms. The van der Waals surface area contributed by atoms with Gasteiger partial charge in [-0.15, -0.1) is 0 Å². The van der Waals surface area contributed by atoms with Gasteiger partial charge in [0.05, 0.1) is 17.1 Å². The lowest BCUT2D eigenvalue weighted by Gasteiger charge is -2.36. The molecular formula is C17H22ClNO3. The molecule has 0 aliphatic carbocycles. The zero-order valence-electron chi connectivity index (χ0n) is 13.2. The first-order valence-corrected chi connectivity index (χ1v) is 8.08. The van der Waals surface area contributed by atoms with E-state index in [2.05, 4.69) is 5.32 Å². The largest absolute Gasteiger partial charge is 0.481 e. The summed E-state index contributed by atoms with van der Waals surface area (Å²) >= 11 is 6.33. The number of carboxylic acid groups (broad SMARTS) is 1. The fourth-order valence-electron chi connectivity index (χ4n) is 3.53. The molecule has 2 aliphatic rings. The van der Waals surface area contributed by atoms with Crippen molar-refractivity contribution in [1.82, 2.24) is 5.32 Å². The highest BCUT2D eigenvalue weighted by molar-refractivity contribution is 6.31. The number of fused-ring (bicyclic) bond motifs is 2. The first-order valence-electron chi connectivity index (χ1n) is 7.70. The van der Waals surface area contributed by atoms with Crippen LogP contribution >= 0.6 is 11.6 Å². The van der Waals surface area contributed by atoms with E-state index in [4.69, 9.17) is 16.3 Å². The molecule has 2 heterocycles. The van der Waals surface area contributed by atoms with Crippen molar-refractivity contribution in [2.75, 3.05) is 13.1 Å². The number of hydrogen-bond acceptors (Lipinski definition) is 3. The summed E-state index contributed by atoms with van der Waals surface area (Å²) in [7, 11) is 0. The number of aliphatic carboxylic acids is 1. The molecule has 5 heteroatoms. The number of halogens is 1. The van der Waals surface area contributed by atoms with Crippen molar-refractivity contribution in [3.63, 3.8) is 0 Å². The van der Waals surface area contributed by atoms with Crippen molar-refractivity contribution in [3.8, 4) is 0 Å². The van der Waals surface area contributed by atoms with Gasteiger partial charge in [-0.1, -0.05) is 17.7 Å². The highest BCUT2D eigenvalue weighted by Crippen LogP contribution is 2.55. The molecule has 0 aromatic heterocycles. The van der Waals surface area contributed by atoms with Crippen LogP contribution in [0, 0.1) is 12.3 Å². The average molecular weight is 324 g/mol. The van der Waals surface area contributed by atoms with Crippen LogP contribution in [-0.2, 0) is 15.1 Å². The number of nitrogens with one attached hydrogen (secondary N) is 1. The van der Waals surface area contributed by atoms with Gasteiger partial charge in [0.15, 0.2) is 0 Å². The summed E-state index contributed by atoms with van der Waals surface area (Å²) in [5.41, 5.74) is 1.62. The lowest BCUT2D eigenvalue weighted by molar-refractivity contribution is -0.171. The van der Waals surface area contributed by atoms with Gasteiger partial charge < -0.3 is 15.2 Å². The Balaban J connectivity index is 2.15. The van der Waals surface area contributed by atoms with E-state index in [0.717, 1.165) is 42.6 Å². The smallest absolute Gasteiger partial charge is 0.312 e. The van der Waals surface area contributed by atoms with E-state index in [9.17, 15) is 9.90 Å². The summed E-state index contributed by atoms with van der Waals surface area (Å²) in [5, 5.41) is 13.7. The normalized spacial score (nSPS) is 23.5. The van der Waals surface area contributed by atoms with Gasteiger partial charge >= 0.3 is 5.97 Å². The lowest BCUT2D eigenvalue weighted by atomic mass is 9.79. The average Bonchev–Trinajstić information content (AvgIpc) is 2.75. The van der Waals surface area contributed by atoms with E-state index in [-0.39, 0.29) is 0 Å². The molecule has 0 amide bonds. The fraction of sp³-hybridized carbons (Fsp3) is 0.588. The number of rotatable bonds is 2. The Morgan fingerprint density at radius 2 is 2.05 bits per heavy atom. The Hall–Kier alpha value is -1.10. The lowest BCUT2D eigenvalue weighted by Crippen LogP contribution is -2.41. The molecule has 1 aromatic rings. The van der Waals surface area contributed by atoms with E-state index in [1.807, 2.05) is 19.1 Å². The minimum atomic E-state index is -0.983. The zero-order chi connectivity index (χ0) is 16.1. The third-order valence-electron chi connectivity index (χ3n) is 5.07. The molecule has 0 saturated carbocycles. The van der Waals surface area contributed by atoms with Crippen molar-refractivity contribution in [2.24, 2.45) is 5.41 Å². The Morgan fingerprint density at radius 1 is 1.41 bits per heavy atom. The highest BCUT2D eigenvalue weighted by atomic mass is 35.5. The van der Waals surface area contributed by atoms with Crippen LogP contribution in [0.15, 0.2) is 12.1 Å². The van der Waals surface area contributed by atoms with Crippen LogP contribution in [0.4, 0.5) is 0 Å². The van der Waals surface area contributed by atoms with Gasteiger partial charge in [-0.05, 0) is 69.5 Å². The molecule has 22 heavy (non-hydrogen) atoms. The zero-order valence-corrected chi connectivity index (χ0v) is 14.0. The molecule has 120 valence electrons. The van der Waals surface area contributed by atoms with Crippen LogP contribution < -0.4 is 5.32 Å². The van der Waals surface area contributed by atoms with E-state index in [0.29, 0.717) is 5.02 Å². The van der Waals surface area contributed by atoms with Crippen molar-refractivity contribution < 1.29 is 14.6 Å². The molecule has 0 unspecified atom stereocenters. The second kappa shape index (κ2) is 5.22. The van der Waals surface area contributed by atoms with Crippen molar-refractivity contribution in [3.05, 3.63) is 33.8 Å². The minimum Gasteiger partial charge on any atom is -0.481 e. The van der Waals surface area contributed by atoms with E-state index in [1.54, 1.807) is 13.8 Å². The predicted molar refractivity (Wildman–Crippen MR) is 85.2 cm³/mol. The van der Waals surface area contributed by atoms with E-state index < -0.39 is 23.1 Å². The minimum absolute atomic E-state index is 0.407. The number of ether oxygens (including phenoxy) is 1. The van der Waals surface area contributed by atoms with Gasteiger partial charge in [0, 0.05) is 5.02 Å². The predicted octanol–water partition coefficient (Wildman–Crippen LogP) is 3.41. The van der Waals surface area contributed by atoms with Crippen molar-refractivity contribution in [1.29, 1.82) is 0 Å². The molecule has 0 bridgehead atoms. The number of hydrogen-bond donors (Lipinski definition) is 2. The monoisotopic (exact) mass is 323 g/mol. The summed E-state index contributed by atoms with van der Waals surface area (Å²) < 4.78 is 6.42. The number of benzene rings is 1. The Labute approximate surface area is 135 Å². The van der Waals surface area contributed by atoms with Crippen molar-refractivity contribution >= 4 is 17.6 Å². The number of carbonyl (C=O) groups is 1. The summed E-state index contributed by atoms with van der Waals surface area (Å²) in [6, 6.07) is 3.99. The summed E-state index contributed by atoms with van der Waals surface area (Å²) in [4.78, 5) is 11.7. The van der Waals surface area contributed by atoms with E-state index in [1.165, 1.54) is 0 Å². The molecule has 0 radical (unpaired) electrons. The third kappa shape index (κ3) is 2.25. The molecule has 1 aromatic carbocycles. The van der Waals surface area contributed by atoms with Gasteiger partial charge in [-0.3, -0.25) is 4.79 Å². The maximum atomic E-state index is 11.7.